The molecule has 2 N–H and O–H groups in total. The fourth-order valence-electron chi connectivity index (χ4n) is 4.61. The lowest BCUT2D eigenvalue weighted by Crippen LogP contribution is -2.70. The van der Waals surface area contributed by atoms with Gasteiger partial charge in [0.1, 0.15) is 10.5 Å². The number of aromatic nitrogens is 2. The number of oxazole rings is 1. The summed E-state index contributed by atoms with van der Waals surface area (Å²) in [5.74, 6) is 0. The number of nitrogens with zero attached hydrogens (tertiary/aromatic N) is 4. The number of piperazine rings is 1. The van der Waals surface area contributed by atoms with Crippen LogP contribution in [0.4, 0.5) is 24.0 Å². The summed E-state index contributed by atoms with van der Waals surface area (Å²) >= 11 is 1.31. The van der Waals surface area contributed by atoms with Crippen LogP contribution in [0.3, 0.4) is 0 Å². The Morgan fingerprint density at radius 3 is 2.60 bits per heavy atom. The minimum absolute atomic E-state index is 0.0138. The minimum atomic E-state index is -4.77. The van der Waals surface area contributed by atoms with E-state index in [0.29, 0.717) is 23.7 Å². The average molecular weight is 513 g/mol. The van der Waals surface area contributed by atoms with E-state index in [1.54, 1.807) is 16.5 Å². The Labute approximate surface area is 201 Å². The highest BCUT2D eigenvalue weighted by atomic mass is 32.1. The van der Waals surface area contributed by atoms with E-state index >= 15 is 0 Å². The number of hydrogen-bond donors (Lipinski definition) is 2. The first-order valence-electron chi connectivity index (χ1n) is 10.9. The zero-order valence-electron chi connectivity index (χ0n) is 18.8. The van der Waals surface area contributed by atoms with Crippen molar-refractivity contribution in [2.75, 3.05) is 24.6 Å². The number of hydrogen-bond acceptors (Lipinski definition) is 8. The normalized spacial score (nSPS) is 21.3. The second-order valence-corrected chi connectivity index (χ2v) is 10.3. The number of benzene rings is 1. The van der Waals surface area contributed by atoms with Gasteiger partial charge in [0.2, 0.25) is 0 Å². The Hall–Kier alpha value is -2.90. The van der Waals surface area contributed by atoms with Crippen LogP contribution in [0.1, 0.15) is 31.9 Å². The molecule has 13 heteroatoms. The first-order chi connectivity index (χ1) is 16.4. The molecule has 6 rings (SSSR count). The van der Waals surface area contributed by atoms with Crippen molar-refractivity contribution in [1.82, 2.24) is 14.9 Å². The second-order valence-electron chi connectivity index (χ2n) is 9.40. The van der Waals surface area contributed by atoms with Crippen LogP contribution in [0.25, 0.3) is 21.7 Å². The van der Waals surface area contributed by atoms with Crippen LogP contribution in [-0.4, -0.2) is 74.7 Å². The molecule has 5 heterocycles. The van der Waals surface area contributed by atoms with Crippen molar-refractivity contribution in [3.05, 3.63) is 29.3 Å². The summed E-state index contributed by atoms with van der Waals surface area (Å²) in [4.78, 5) is 23.3. The number of alkyl halides is 3. The van der Waals surface area contributed by atoms with Crippen molar-refractivity contribution in [2.24, 2.45) is 0 Å². The fraction of sp³-hybridized carbons (Fsp3) is 0.500. The highest BCUT2D eigenvalue weighted by molar-refractivity contribution is 7.13. The summed E-state index contributed by atoms with van der Waals surface area (Å²) in [5, 5.41) is 21.6. The monoisotopic (exact) mass is 512 g/mol. The lowest BCUT2D eigenvalue weighted by Gasteiger charge is -2.54. The standard InChI is InChI=1S/C22H23F3N4O5S/c1-21(2,32)10-33-17(22(23,24)25)13-3-4-14(18-26-5-6-35-18)16-15(13)27-19(34-16)28-8-11-7-12(9-28)29(11)20(30)31/h3-6,11-12,17,32H,7-10H2,1-2H3,(H,30,31). The Morgan fingerprint density at radius 1 is 1.31 bits per heavy atom. The lowest BCUT2D eigenvalue weighted by atomic mass is 9.88. The molecular weight excluding hydrogens is 489 g/mol. The van der Waals surface area contributed by atoms with Crippen molar-refractivity contribution < 1.29 is 37.3 Å². The molecule has 3 saturated heterocycles. The predicted molar refractivity (Wildman–Crippen MR) is 120 cm³/mol. The quantitative estimate of drug-likeness (QED) is 0.503. The molecule has 0 aliphatic carbocycles. The number of fused-ring (bicyclic) bond motifs is 3. The summed E-state index contributed by atoms with van der Waals surface area (Å²) in [6.07, 6.45) is -5.79. The molecular formula is C22H23F3N4O5S. The molecule has 0 saturated carbocycles. The van der Waals surface area contributed by atoms with Crippen LogP contribution in [-0.2, 0) is 4.74 Å². The number of carbonyl (C=O) groups is 1. The van der Waals surface area contributed by atoms with Crippen LogP contribution in [0.5, 0.6) is 0 Å². The van der Waals surface area contributed by atoms with Gasteiger partial charge >= 0.3 is 12.3 Å². The molecule has 35 heavy (non-hydrogen) atoms. The maximum atomic E-state index is 14.1. The van der Waals surface area contributed by atoms with Gasteiger partial charge in [0.25, 0.3) is 6.01 Å². The molecule has 3 unspecified atom stereocenters. The molecule has 1 amide bonds. The molecule has 0 spiro atoms. The van der Waals surface area contributed by atoms with E-state index in [9.17, 15) is 28.2 Å². The third kappa shape index (κ3) is 4.43. The van der Waals surface area contributed by atoms with E-state index in [-0.39, 0.29) is 34.8 Å². The maximum Gasteiger partial charge on any atom is 0.418 e. The summed E-state index contributed by atoms with van der Waals surface area (Å²) in [6, 6.07) is 2.47. The molecule has 1 aromatic carbocycles. The van der Waals surface area contributed by atoms with Gasteiger partial charge in [-0.3, -0.25) is 4.90 Å². The van der Waals surface area contributed by atoms with Gasteiger partial charge < -0.3 is 24.3 Å². The summed E-state index contributed by atoms with van der Waals surface area (Å²) in [5.41, 5.74) is -1.08. The molecule has 3 aromatic rings. The Bertz CT molecular complexity index is 1230. The highest BCUT2D eigenvalue weighted by Crippen LogP contribution is 2.44. The number of rotatable bonds is 6. The first-order valence-corrected chi connectivity index (χ1v) is 11.8. The van der Waals surface area contributed by atoms with Crippen molar-refractivity contribution in [3.63, 3.8) is 0 Å². The van der Waals surface area contributed by atoms with Crippen LogP contribution in [0.15, 0.2) is 28.1 Å². The fourth-order valence-corrected chi connectivity index (χ4v) is 5.27. The lowest BCUT2D eigenvalue weighted by molar-refractivity contribution is -0.233. The number of aliphatic hydroxyl groups is 1. The van der Waals surface area contributed by atoms with Gasteiger partial charge in [-0.05, 0) is 26.3 Å². The Kier molecular flexibility index (Phi) is 5.68. The molecule has 2 aromatic heterocycles. The molecule has 188 valence electrons. The van der Waals surface area contributed by atoms with E-state index in [0.717, 1.165) is 6.42 Å². The summed E-state index contributed by atoms with van der Waals surface area (Å²) in [6.45, 7) is 2.83. The molecule has 3 fully saturated rings. The van der Waals surface area contributed by atoms with Gasteiger partial charge in [-0.25, -0.2) is 9.78 Å². The topological polar surface area (TPSA) is 112 Å². The van der Waals surface area contributed by atoms with Gasteiger partial charge in [0, 0.05) is 30.2 Å². The third-order valence-corrected chi connectivity index (χ3v) is 6.90. The van der Waals surface area contributed by atoms with Crippen molar-refractivity contribution in [1.29, 1.82) is 0 Å². The van der Waals surface area contributed by atoms with Crippen molar-refractivity contribution in [3.8, 4) is 10.6 Å². The largest absolute Gasteiger partial charge is 0.465 e. The maximum absolute atomic E-state index is 14.1. The number of halogens is 3. The van der Waals surface area contributed by atoms with Crippen LogP contribution < -0.4 is 4.90 Å². The van der Waals surface area contributed by atoms with Gasteiger partial charge in [0.05, 0.1) is 29.9 Å². The smallest absolute Gasteiger partial charge is 0.418 e. The van der Waals surface area contributed by atoms with Crippen molar-refractivity contribution in [2.45, 2.75) is 50.2 Å². The van der Waals surface area contributed by atoms with Gasteiger partial charge in [0.15, 0.2) is 11.7 Å². The third-order valence-electron chi connectivity index (χ3n) is 6.09. The Morgan fingerprint density at radius 2 is 2.03 bits per heavy atom. The van der Waals surface area contributed by atoms with Crippen LogP contribution in [0.2, 0.25) is 0 Å². The Balaban J connectivity index is 1.57. The number of ether oxygens (including phenoxy) is 1. The van der Waals surface area contributed by atoms with E-state index < -0.39 is 30.6 Å². The van der Waals surface area contributed by atoms with Crippen LogP contribution in [0, 0.1) is 0 Å². The minimum Gasteiger partial charge on any atom is -0.465 e. The first kappa shape index (κ1) is 23.8. The zero-order valence-corrected chi connectivity index (χ0v) is 19.6. The van der Waals surface area contributed by atoms with Gasteiger partial charge in [-0.15, -0.1) is 11.3 Å². The summed E-state index contributed by atoms with van der Waals surface area (Å²) in [7, 11) is 0. The van der Waals surface area contributed by atoms with E-state index in [1.165, 1.54) is 42.2 Å². The van der Waals surface area contributed by atoms with Crippen molar-refractivity contribution >= 4 is 34.5 Å². The molecule has 3 aliphatic rings. The number of amides is 1. The molecule has 0 radical (unpaired) electrons. The van der Waals surface area contributed by atoms with E-state index in [2.05, 4.69) is 9.97 Å². The van der Waals surface area contributed by atoms with E-state index in [4.69, 9.17) is 9.15 Å². The number of thiazole rings is 1. The number of carboxylic acid groups (broad SMARTS) is 1. The second kappa shape index (κ2) is 8.35. The predicted octanol–water partition coefficient (Wildman–Crippen LogP) is 4.28. The van der Waals surface area contributed by atoms with Gasteiger partial charge in [-0.2, -0.15) is 18.2 Å². The molecule has 2 bridgehead atoms. The zero-order chi connectivity index (χ0) is 25.1. The summed E-state index contributed by atoms with van der Waals surface area (Å²) < 4.78 is 53.4. The van der Waals surface area contributed by atoms with E-state index in [1.807, 2.05) is 0 Å². The SMILES string of the molecule is CC(C)(O)COC(c1ccc(-c2nccs2)c2oc(N3CC4CC(C3)N4C(=O)O)nc12)C(F)(F)F. The van der Waals surface area contributed by atoms with Crippen LogP contribution >= 0.6 is 11.3 Å². The number of piperidine rings is 1. The number of anilines is 1. The molecule has 3 aliphatic heterocycles. The van der Waals surface area contributed by atoms with Gasteiger partial charge in [-0.1, -0.05) is 6.07 Å². The highest BCUT2D eigenvalue weighted by Gasteiger charge is 2.49. The molecule has 9 nitrogen and oxygen atoms in total. The average Bonchev–Trinajstić information content (AvgIpc) is 3.42. The molecule has 3 atom stereocenters.